The van der Waals surface area contributed by atoms with Crippen LogP contribution >= 0.6 is 0 Å². The molecule has 0 aromatic carbocycles. The van der Waals surface area contributed by atoms with Crippen molar-refractivity contribution in [1.29, 1.82) is 5.41 Å². The highest BCUT2D eigenvalue weighted by atomic mass is 19.3. The van der Waals surface area contributed by atoms with Gasteiger partial charge >= 0.3 is 0 Å². The molecule has 1 aromatic heterocycles. The van der Waals surface area contributed by atoms with E-state index in [1.807, 2.05) is 12.2 Å². The lowest BCUT2D eigenvalue weighted by molar-refractivity contribution is 0.0644. The minimum absolute atomic E-state index is 0.0639. The third-order valence-electron chi connectivity index (χ3n) is 3.05. The fraction of sp³-hybridized carbons (Fsp3) is 0.200. The maximum absolute atomic E-state index is 13.7. The quantitative estimate of drug-likeness (QED) is 0.634. The van der Waals surface area contributed by atoms with Crippen molar-refractivity contribution in [2.24, 2.45) is 0 Å². The fourth-order valence-corrected chi connectivity index (χ4v) is 2.08. The lowest BCUT2D eigenvalue weighted by Gasteiger charge is -2.21. The molecule has 0 amide bonds. The van der Waals surface area contributed by atoms with E-state index in [9.17, 15) is 8.78 Å². The summed E-state index contributed by atoms with van der Waals surface area (Å²) in [5.74, 6) is -3.09. The van der Waals surface area contributed by atoms with Gasteiger partial charge in [0.25, 0.3) is 5.92 Å². The number of nitrogens with one attached hydrogen (secondary N) is 2. The Morgan fingerprint density at radius 3 is 2.90 bits per heavy atom. The van der Waals surface area contributed by atoms with Crippen LogP contribution in [-0.2, 0) is 6.42 Å². The summed E-state index contributed by atoms with van der Waals surface area (Å²) in [6, 6.07) is 1.65. The summed E-state index contributed by atoms with van der Waals surface area (Å²) in [6.45, 7) is 4.27. The Labute approximate surface area is 116 Å². The van der Waals surface area contributed by atoms with Crippen LogP contribution in [-0.4, -0.2) is 17.1 Å². The smallest absolute Gasteiger partial charge is 0.285 e. The molecule has 0 atom stereocenters. The van der Waals surface area contributed by atoms with Crippen LogP contribution in [0, 0.1) is 5.41 Å². The van der Waals surface area contributed by atoms with Crippen molar-refractivity contribution in [1.82, 2.24) is 4.98 Å². The van der Waals surface area contributed by atoms with Gasteiger partial charge in [-0.2, -0.15) is 8.78 Å². The molecule has 0 saturated heterocycles. The molecule has 1 aliphatic carbocycles. The van der Waals surface area contributed by atoms with Crippen molar-refractivity contribution in [3.63, 3.8) is 0 Å². The number of halogens is 2. The van der Waals surface area contributed by atoms with Gasteiger partial charge in [0.05, 0.1) is 11.4 Å². The Bertz CT molecular complexity index is 600. The molecule has 1 aromatic rings. The number of fused-ring (bicyclic) bond motifs is 1. The van der Waals surface area contributed by atoms with Gasteiger partial charge in [0.15, 0.2) is 0 Å². The van der Waals surface area contributed by atoms with Gasteiger partial charge in [-0.25, -0.2) is 0 Å². The molecule has 3 nitrogen and oxygen atoms in total. The van der Waals surface area contributed by atoms with Gasteiger partial charge in [-0.05, 0) is 18.6 Å². The normalized spacial score (nSPS) is 14.6. The number of hydrogen-bond donors (Lipinski definition) is 2. The summed E-state index contributed by atoms with van der Waals surface area (Å²) >= 11 is 0. The molecule has 0 saturated carbocycles. The van der Waals surface area contributed by atoms with Gasteiger partial charge in [0.1, 0.15) is 0 Å². The SMILES string of the molecule is C=C/C(C=N)=C(/Nc1ccnc2c1CC=C2)C(C)(F)F. The second-order valence-corrected chi connectivity index (χ2v) is 4.52. The van der Waals surface area contributed by atoms with E-state index in [2.05, 4.69) is 16.9 Å². The molecule has 20 heavy (non-hydrogen) atoms. The van der Waals surface area contributed by atoms with Crippen molar-refractivity contribution in [3.8, 4) is 0 Å². The Hall–Kier alpha value is -2.30. The van der Waals surface area contributed by atoms with Crippen molar-refractivity contribution in [2.45, 2.75) is 19.3 Å². The standard InChI is InChI=1S/C15H15F2N3/c1-3-10(9-18)14(15(2,16)17)20-13-7-8-19-12-6-4-5-11(12)13/h3-4,6-9,18H,1,5H2,2H3,(H,19,20)/b14-10-,18-9?. The molecule has 104 valence electrons. The first kappa shape index (κ1) is 14.1. The van der Waals surface area contributed by atoms with E-state index in [-0.39, 0.29) is 11.3 Å². The predicted octanol–water partition coefficient (Wildman–Crippen LogP) is 3.81. The third kappa shape index (κ3) is 2.66. The van der Waals surface area contributed by atoms with E-state index in [1.54, 1.807) is 12.3 Å². The number of anilines is 1. The molecule has 2 rings (SSSR count). The number of aromatic nitrogens is 1. The first-order valence-electron chi connectivity index (χ1n) is 6.14. The summed E-state index contributed by atoms with van der Waals surface area (Å²) in [7, 11) is 0. The second-order valence-electron chi connectivity index (χ2n) is 4.52. The Morgan fingerprint density at radius 2 is 2.30 bits per heavy atom. The van der Waals surface area contributed by atoms with E-state index >= 15 is 0 Å². The van der Waals surface area contributed by atoms with Gasteiger partial charge in [-0.15, -0.1) is 0 Å². The number of alkyl halides is 2. The minimum Gasteiger partial charge on any atom is -0.353 e. The van der Waals surface area contributed by atoms with E-state index in [4.69, 9.17) is 5.41 Å². The molecule has 5 heteroatoms. The molecule has 0 fully saturated rings. The highest BCUT2D eigenvalue weighted by Crippen LogP contribution is 2.31. The highest BCUT2D eigenvalue weighted by molar-refractivity contribution is 5.83. The third-order valence-corrected chi connectivity index (χ3v) is 3.05. The highest BCUT2D eigenvalue weighted by Gasteiger charge is 2.30. The van der Waals surface area contributed by atoms with Crippen molar-refractivity contribution < 1.29 is 8.78 Å². The van der Waals surface area contributed by atoms with Gasteiger partial charge in [0, 0.05) is 36.2 Å². The van der Waals surface area contributed by atoms with Crippen molar-refractivity contribution in [2.75, 3.05) is 5.32 Å². The molecule has 0 aliphatic heterocycles. The average molecular weight is 275 g/mol. The van der Waals surface area contributed by atoms with E-state index in [0.717, 1.165) is 24.4 Å². The summed E-state index contributed by atoms with van der Waals surface area (Å²) in [6.07, 6.45) is 8.13. The molecule has 0 radical (unpaired) electrons. The zero-order valence-corrected chi connectivity index (χ0v) is 11.1. The van der Waals surface area contributed by atoms with Crippen LogP contribution in [0.3, 0.4) is 0 Å². The van der Waals surface area contributed by atoms with Gasteiger partial charge in [-0.3, -0.25) is 4.98 Å². The summed E-state index contributed by atoms with van der Waals surface area (Å²) in [5, 5.41) is 9.99. The molecule has 0 spiro atoms. The maximum atomic E-state index is 13.7. The molecule has 2 N–H and O–H groups in total. The predicted molar refractivity (Wildman–Crippen MR) is 77.2 cm³/mol. The number of allylic oxidation sites excluding steroid dienone is 4. The van der Waals surface area contributed by atoms with Gasteiger partial charge < -0.3 is 10.7 Å². The largest absolute Gasteiger partial charge is 0.353 e. The molecular weight excluding hydrogens is 260 g/mol. The zero-order chi connectivity index (χ0) is 14.8. The van der Waals surface area contributed by atoms with Crippen LogP contribution in [0.5, 0.6) is 0 Å². The van der Waals surface area contributed by atoms with Crippen LogP contribution < -0.4 is 5.32 Å². The van der Waals surface area contributed by atoms with E-state index in [1.165, 1.54) is 6.08 Å². The summed E-state index contributed by atoms with van der Waals surface area (Å²) in [5.41, 5.74) is 1.97. The molecule has 1 aliphatic rings. The molecular formula is C15H15F2N3. The molecule has 1 heterocycles. The fourth-order valence-electron chi connectivity index (χ4n) is 2.08. The van der Waals surface area contributed by atoms with Crippen LogP contribution in [0.25, 0.3) is 6.08 Å². The van der Waals surface area contributed by atoms with E-state index in [0.29, 0.717) is 12.1 Å². The maximum Gasteiger partial charge on any atom is 0.285 e. The van der Waals surface area contributed by atoms with E-state index < -0.39 is 5.92 Å². The molecule has 0 bridgehead atoms. The molecule has 0 unspecified atom stereocenters. The van der Waals surface area contributed by atoms with Crippen LogP contribution in [0.1, 0.15) is 18.2 Å². The number of hydrogen-bond acceptors (Lipinski definition) is 3. The lowest BCUT2D eigenvalue weighted by Crippen LogP contribution is -2.23. The zero-order valence-electron chi connectivity index (χ0n) is 11.1. The number of rotatable bonds is 5. The first-order chi connectivity index (χ1) is 9.47. The van der Waals surface area contributed by atoms with Crippen molar-refractivity contribution >= 4 is 18.0 Å². The Kier molecular flexibility index (Phi) is 3.79. The minimum atomic E-state index is -3.09. The lowest BCUT2D eigenvalue weighted by atomic mass is 10.1. The number of nitrogens with zero attached hydrogens (tertiary/aromatic N) is 1. The second kappa shape index (κ2) is 5.36. The topological polar surface area (TPSA) is 48.8 Å². The van der Waals surface area contributed by atoms with Gasteiger partial charge in [0.2, 0.25) is 0 Å². The first-order valence-corrected chi connectivity index (χ1v) is 6.14. The monoisotopic (exact) mass is 275 g/mol. The van der Waals surface area contributed by atoms with Crippen LogP contribution in [0.15, 0.2) is 42.3 Å². The summed E-state index contributed by atoms with van der Waals surface area (Å²) in [4.78, 5) is 4.18. The number of pyridine rings is 1. The summed E-state index contributed by atoms with van der Waals surface area (Å²) < 4.78 is 27.5. The Morgan fingerprint density at radius 1 is 1.55 bits per heavy atom. The van der Waals surface area contributed by atoms with Gasteiger partial charge in [-0.1, -0.05) is 18.7 Å². The average Bonchev–Trinajstić information content (AvgIpc) is 2.87. The van der Waals surface area contributed by atoms with Crippen LogP contribution in [0.2, 0.25) is 0 Å². The van der Waals surface area contributed by atoms with Crippen LogP contribution in [0.4, 0.5) is 14.5 Å². The Balaban J connectivity index is 2.45. The van der Waals surface area contributed by atoms with Crippen molar-refractivity contribution in [3.05, 3.63) is 53.5 Å².